The zero-order valence-electron chi connectivity index (χ0n) is 12.8. The Hall–Kier alpha value is -2.90. The minimum atomic E-state index is -1.36. The molecule has 23 heavy (non-hydrogen) atoms. The summed E-state index contributed by atoms with van der Waals surface area (Å²) in [6.07, 6.45) is -0.628. The number of aromatic nitrogens is 1. The minimum absolute atomic E-state index is 0.155. The second kappa shape index (κ2) is 6.47. The van der Waals surface area contributed by atoms with Crippen LogP contribution in [0.25, 0.3) is 11.0 Å². The fourth-order valence-electron chi connectivity index (χ4n) is 2.17. The molecule has 1 aromatic carbocycles. The summed E-state index contributed by atoms with van der Waals surface area (Å²) in [6, 6.07) is 2.33. The van der Waals surface area contributed by atoms with Crippen LogP contribution >= 0.6 is 0 Å². The number of carboxylic acids is 1. The molecular formula is C15H17N3O5. The second-order valence-electron chi connectivity index (χ2n) is 5.37. The quantitative estimate of drug-likeness (QED) is 0.706. The number of rotatable bonds is 6. The number of aryl methyl sites for hydroxylation is 2. The molecule has 0 fully saturated rings. The van der Waals surface area contributed by atoms with E-state index in [9.17, 15) is 14.4 Å². The van der Waals surface area contributed by atoms with Gasteiger partial charge >= 0.3 is 5.97 Å². The first-order valence-corrected chi connectivity index (χ1v) is 6.94. The summed E-state index contributed by atoms with van der Waals surface area (Å²) in [7, 11) is 0. The average Bonchev–Trinajstić information content (AvgIpc) is 2.80. The molecule has 0 bridgehead atoms. The number of nitrogens with one attached hydrogen (secondary N) is 1. The first kappa shape index (κ1) is 16.5. The third-order valence-electron chi connectivity index (χ3n) is 3.53. The van der Waals surface area contributed by atoms with Crippen molar-refractivity contribution in [1.82, 2.24) is 10.5 Å². The number of hydrogen-bond donors (Lipinski definition) is 3. The Labute approximate surface area is 131 Å². The molecule has 0 aliphatic rings. The van der Waals surface area contributed by atoms with E-state index >= 15 is 0 Å². The average molecular weight is 319 g/mol. The van der Waals surface area contributed by atoms with Crippen LogP contribution < -0.4 is 11.1 Å². The topological polar surface area (TPSA) is 136 Å². The maximum atomic E-state index is 12.0. The normalized spacial score (nSPS) is 12.1. The van der Waals surface area contributed by atoms with Gasteiger partial charge in [0.1, 0.15) is 11.7 Å². The lowest BCUT2D eigenvalue weighted by atomic mass is 10.1. The minimum Gasteiger partial charge on any atom is -0.480 e. The Kier molecular flexibility index (Phi) is 4.63. The summed E-state index contributed by atoms with van der Waals surface area (Å²) in [5.74, 6) is -2.71. The largest absolute Gasteiger partial charge is 0.480 e. The van der Waals surface area contributed by atoms with Crippen molar-refractivity contribution in [2.45, 2.75) is 32.7 Å². The van der Waals surface area contributed by atoms with Gasteiger partial charge in [0.25, 0.3) is 0 Å². The molecule has 1 heterocycles. The first-order valence-electron chi connectivity index (χ1n) is 6.94. The molecular weight excluding hydrogens is 302 g/mol. The van der Waals surface area contributed by atoms with Crippen LogP contribution in [0.2, 0.25) is 0 Å². The SMILES string of the molecule is Cc1cc2onc(CC(=O)NC(CC(N)=O)C(=O)O)c2cc1C. The molecule has 0 spiro atoms. The zero-order valence-corrected chi connectivity index (χ0v) is 12.8. The molecule has 2 rings (SSSR count). The number of nitrogens with zero attached hydrogens (tertiary/aromatic N) is 1. The summed E-state index contributed by atoms with van der Waals surface area (Å²) >= 11 is 0. The number of fused-ring (bicyclic) bond motifs is 1. The van der Waals surface area contributed by atoms with E-state index in [1.54, 1.807) is 0 Å². The van der Waals surface area contributed by atoms with Crippen molar-refractivity contribution in [3.05, 3.63) is 29.0 Å². The molecule has 2 aromatic rings. The van der Waals surface area contributed by atoms with Gasteiger partial charge in [-0.25, -0.2) is 4.79 Å². The monoisotopic (exact) mass is 319 g/mol. The molecule has 4 N–H and O–H groups in total. The molecule has 2 amide bonds. The van der Waals surface area contributed by atoms with Crippen LogP contribution in [0.5, 0.6) is 0 Å². The van der Waals surface area contributed by atoms with Crippen LogP contribution in [0, 0.1) is 13.8 Å². The lowest BCUT2D eigenvalue weighted by Gasteiger charge is -2.12. The number of primary amides is 1. The molecule has 1 atom stereocenters. The Balaban J connectivity index is 2.15. The number of carboxylic acid groups (broad SMARTS) is 1. The van der Waals surface area contributed by atoms with Crippen LogP contribution in [0.4, 0.5) is 0 Å². The number of amides is 2. The molecule has 0 radical (unpaired) electrons. The van der Waals surface area contributed by atoms with Crippen molar-refractivity contribution in [2.24, 2.45) is 5.73 Å². The summed E-state index contributed by atoms with van der Waals surface area (Å²) in [5, 5.41) is 15.8. The highest BCUT2D eigenvalue weighted by Gasteiger charge is 2.23. The molecule has 0 aliphatic heterocycles. The first-order chi connectivity index (χ1) is 10.8. The molecule has 0 saturated carbocycles. The van der Waals surface area contributed by atoms with E-state index in [-0.39, 0.29) is 6.42 Å². The van der Waals surface area contributed by atoms with Crippen molar-refractivity contribution in [3.63, 3.8) is 0 Å². The highest BCUT2D eigenvalue weighted by molar-refractivity contribution is 5.91. The molecule has 8 nitrogen and oxygen atoms in total. The Bertz CT molecular complexity index is 781. The van der Waals surface area contributed by atoms with Crippen molar-refractivity contribution in [2.75, 3.05) is 0 Å². The molecule has 0 aliphatic carbocycles. The molecule has 0 saturated heterocycles. The number of nitrogens with two attached hydrogens (primary N) is 1. The third-order valence-corrected chi connectivity index (χ3v) is 3.53. The van der Waals surface area contributed by atoms with Crippen molar-refractivity contribution < 1.29 is 24.0 Å². The number of benzene rings is 1. The van der Waals surface area contributed by atoms with Crippen LogP contribution in [-0.2, 0) is 20.8 Å². The standard InChI is InChI=1S/C15H17N3O5/c1-7-3-9-10(18-23-12(9)4-8(7)2)6-14(20)17-11(15(21)22)5-13(16)19/h3-4,11H,5-6H2,1-2H3,(H2,16,19)(H,17,20)(H,21,22). The lowest BCUT2D eigenvalue weighted by Crippen LogP contribution is -2.43. The molecule has 8 heteroatoms. The van der Waals surface area contributed by atoms with E-state index < -0.39 is 30.2 Å². The van der Waals surface area contributed by atoms with Crippen LogP contribution in [0.15, 0.2) is 16.7 Å². The van der Waals surface area contributed by atoms with E-state index in [2.05, 4.69) is 10.5 Å². The fraction of sp³-hybridized carbons (Fsp3) is 0.333. The van der Waals surface area contributed by atoms with Gasteiger partial charge in [0.05, 0.1) is 12.8 Å². The van der Waals surface area contributed by atoms with E-state index in [0.29, 0.717) is 16.7 Å². The zero-order chi connectivity index (χ0) is 17.1. The smallest absolute Gasteiger partial charge is 0.326 e. The maximum Gasteiger partial charge on any atom is 0.326 e. The highest BCUT2D eigenvalue weighted by Crippen LogP contribution is 2.22. The van der Waals surface area contributed by atoms with Gasteiger partial charge in [-0.05, 0) is 37.1 Å². The Morgan fingerprint density at radius 2 is 1.96 bits per heavy atom. The van der Waals surface area contributed by atoms with Gasteiger partial charge in [-0.1, -0.05) is 5.16 Å². The second-order valence-corrected chi connectivity index (χ2v) is 5.37. The predicted molar refractivity (Wildman–Crippen MR) is 80.6 cm³/mol. The van der Waals surface area contributed by atoms with Gasteiger partial charge in [0.15, 0.2) is 5.58 Å². The van der Waals surface area contributed by atoms with Gasteiger partial charge in [0, 0.05) is 5.39 Å². The maximum absolute atomic E-state index is 12.0. The number of hydrogen-bond acceptors (Lipinski definition) is 5. The highest BCUT2D eigenvalue weighted by atomic mass is 16.5. The van der Waals surface area contributed by atoms with Crippen LogP contribution in [0.3, 0.4) is 0 Å². The molecule has 1 aromatic heterocycles. The molecule has 1 unspecified atom stereocenters. The third kappa shape index (κ3) is 3.85. The summed E-state index contributed by atoms with van der Waals surface area (Å²) in [6.45, 7) is 3.86. The van der Waals surface area contributed by atoms with E-state index in [1.807, 2.05) is 26.0 Å². The number of carbonyl (C=O) groups is 3. The van der Waals surface area contributed by atoms with Gasteiger partial charge in [-0.15, -0.1) is 0 Å². The number of aliphatic carboxylic acids is 1. The van der Waals surface area contributed by atoms with Gasteiger partial charge < -0.3 is 20.7 Å². The van der Waals surface area contributed by atoms with Gasteiger partial charge in [0.2, 0.25) is 11.8 Å². The number of carbonyl (C=O) groups excluding carboxylic acids is 2. The van der Waals surface area contributed by atoms with Crippen LogP contribution in [-0.4, -0.2) is 34.1 Å². The van der Waals surface area contributed by atoms with Crippen molar-refractivity contribution >= 4 is 28.8 Å². The van der Waals surface area contributed by atoms with Gasteiger partial charge in [-0.2, -0.15) is 0 Å². The fourth-order valence-corrected chi connectivity index (χ4v) is 2.17. The van der Waals surface area contributed by atoms with Crippen molar-refractivity contribution in [3.8, 4) is 0 Å². The summed E-state index contributed by atoms with van der Waals surface area (Å²) < 4.78 is 5.18. The van der Waals surface area contributed by atoms with Crippen LogP contribution in [0.1, 0.15) is 23.2 Å². The predicted octanol–water partition coefficient (Wildman–Crippen LogP) is 0.432. The lowest BCUT2D eigenvalue weighted by molar-refractivity contribution is -0.143. The van der Waals surface area contributed by atoms with Gasteiger partial charge in [-0.3, -0.25) is 9.59 Å². The Morgan fingerprint density at radius 3 is 2.57 bits per heavy atom. The Morgan fingerprint density at radius 1 is 1.30 bits per heavy atom. The van der Waals surface area contributed by atoms with Crippen molar-refractivity contribution in [1.29, 1.82) is 0 Å². The van der Waals surface area contributed by atoms with E-state index in [4.69, 9.17) is 15.4 Å². The molecule has 122 valence electrons. The van der Waals surface area contributed by atoms with E-state index in [0.717, 1.165) is 11.1 Å². The van der Waals surface area contributed by atoms with E-state index in [1.165, 1.54) is 0 Å². The summed E-state index contributed by atoms with van der Waals surface area (Å²) in [5.41, 5.74) is 8.00. The summed E-state index contributed by atoms with van der Waals surface area (Å²) in [4.78, 5) is 33.8.